The lowest BCUT2D eigenvalue weighted by Gasteiger charge is -2.19. The van der Waals surface area contributed by atoms with E-state index in [1.54, 1.807) is 0 Å². The topological polar surface area (TPSA) is 66.8 Å². The lowest BCUT2D eigenvalue weighted by Crippen LogP contribution is -2.21. The smallest absolute Gasteiger partial charge is 0.330 e. The number of fused-ring (bicyclic) bond motifs is 1. The van der Waals surface area contributed by atoms with Crippen molar-refractivity contribution in [1.82, 2.24) is 0 Å². The van der Waals surface area contributed by atoms with Crippen LogP contribution in [0.5, 0.6) is 0 Å². The maximum Gasteiger partial charge on any atom is 0.330 e. The predicted octanol–water partition coefficient (Wildman–Crippen LogP) is 1.96. The quantitative estimate of drug-likeness (QED) is 0.526. The molecule has 0 amide bonds. The van der Waals surface area contributed by atoms with E-state index in [-0.39, 0.29) is 24.0 Å². The predicted molar refractivity (Wildman–Crippen MR) is 75.9 cm³/mol. The molecular weight excluding hydrogens is 256 g/mol. The zero-order chi connectivity index (χ0) is 14.5. The van der Waals surface area contributed by atoms with Crippen molar-refractivity contribution in [3.05, 3.63) is 24.3 Å². The number of aliphatic hydroxyl groups is 2. The summed E-state index contributed by atoms with van der Waals surface area (Å²) in [6.07, 6.45) is 9.87. The Morgan fingerprint density at radius 1 is 1.25 bits per heavy atom. The lowest BCUT2D eigenvalue weighted by atomic mass is 9.90. The third-order valence-corrected chi connectivity index (χ3v) is 4.19. The number of carbonyl (C=O) groups is 1. The van der Waals surface area contributed by atoms with Crippen LogP contribution in [0, 0.1) is 11.8 Å². The van der Waals surface area contributed by atoms with Crippen molar-refractivity contribution in [3.8, 4) is 0 Å². The van der Waals surface area contributed by atoms with Crippen LogP contribution in [0.1, 0.15) is 39.0 Å². The highest BCUT2D eigenvalue weighted by molar-refractivity contribution is 5.82. The number of cyclic esters (lactones) is 1. The molecule has 0 aromatic carbocycles. The van der Waals surface area contributed by atoms with Gasteiger partial charge in [-0.3, -0.25) is 0 Å². The molecular formula is C16H24O4. The van der Waals surface area contributed by atoms with E-state index in [1.165, 1.54) is 12.2 Å². The second-order valence-corrected chi connectivity index (χ2v) is 5.91. The summed E-state index contributed by atoms with van der Waals surface area (Å²) in [7, 11) is 0. The fourth-order valence-corrected chi connectivity index (χ4v) is 3.10. The van der Waals surface area contributed by atoms with Crippen LogP contribution >= 0.6 is 0 Å². The Hall–Kier alpha value is -1.13. The van der Waals surface area contributed by atoms with Gasteiger partial charge in [0.2, 0.25) is 0 Å². The van der Waals surface area contributed by atoms with E-state index in [2.05, 4.69) is 12.2 Å². The molecule has 1 saturated carbocycles. The summed E-state index contributed by atoms with van der Waals surface area (Å²) in [5, 5.41) is 20.0. The second-order valence-electron chi connectivity index (χ2n) is 5.91. The van der Waals surface area contributed by atoms with Gasteiger partial charge in [0.15, 0.2) is 0 Å². The van der Waals surface area contributed by atoms with E-state index in [9.17, 15) is 15.0 Å². The fraction of sp³-hybridized carbons (Fsp3) is 0.688. The Labute approximate surface area is 120 Å². The van der Waals surface area contributed by atoms with Gasteiger partial charge in [0, 0.05) is 6.08 Å². The fourth-order valence-electron chi connectivity index (χ4n) is 3.10. The molecule has 0 saturated heterocycles. The molecule has 2 aliphatic rings. The van der Waals surface area contributed by atoms with Gasteiger partial charge in [0.05, 0.1) is 18.3 Å². The summed E-state index contributed by atoms with van der Waals surface area (Å²) in [6.45, 7) is 1.89. The van der Waals surface area contributed by atoms with Crippen molar-refractivity contribution in [2.24, 2.45) is 11.8 Å². The van der Waals surface area contributed by atoms with E-state index >= 15 is 0 Å². The molecule has 20 heavy (non-hydrogen) atoms. The van der Waals surface area contributed by atoms with Crippen LogP contribution in [0.4, 0.5) is 0 Å². The van der Waals surface area contributed by atoms with Gasteiger partial charge in [-0.2, -0.15) is 0 Å². The van der Waals surface area contributed by atoms with Crippen LogP contribution in [0.15, 0.2) is 24.3 Å². The largest absolute Gasteiger partial charge is 0.460 e. The van der Waals surface area contributed by atoms with Crippen molar-refractivity contribution < 1.29 is 19.7 Å². The molecule has 4 heteroatoms. The number of aliphatic hydroxyl groups excluding tert-OH is 2. The number of esters is 1. The SMILES string of the molecule is C[C@@H]1CCC/C=C/[C@H]2C[C@H](O)C[C@@H]2[C@@H](O)/C=C/C(=O)O1. The Balaban J connectivity index is 2.11. The van der Waals surface area contributed by atoms with Gasteiger partial charge in [-0.05, 0) is 56.9 Å². The molecule has 0 spiro atoms. The maximum absolute atomic E-state index is 11.6. The number of ether oxygens (including phenoxy) is 1. The molecule has 2 N–H and O–H groups in total. The standard InChI is InChI=1S/C16H24O4/c1-11-5-3-2-4-6-12-9-13(17)10-14(12)15(18)7-8-16(19)20-11/h4,6-8,11-15,17-18H,2-3,5,9-10H2,1H3/b6-4+,8-7+/t11-,12+,13+,14+,15+/m1/s1. The zero-order valence-corrected chi connectivity index (χ0v) is 11.9. The monoisotopic (exact) mass is 280 g/mol. The summed E-state index contributed by atoms with van der Waals surface area (Å²) in [6, 6.07) is 0. The average molecular weight is 280 g/mol. The van der Waals surface area contributed by atoms with Crippen LogP contribution in [-0.4, -0.2) is 34.5 Å². The summed E-state index contributed by atoms with van der Waals surface area (Å²) in [5.74, 6) is -0.249. The molecule has 0 aromatic rings. The minimum Gasteiger partial charge on any atom is -0.460 e. The first-order valence-corrected chi connectivity index (χ1v) is 7.48. The molecule has 5 atom stereocenters. The average Bonchev–Trinajstić information content (AvgIpc) is 2.76. The minimum atomic E-state index is -0.717. The first-order valence-electron chi connectivity index (χ1n) is 7.48. The molecule has 4 nitrogen and oxygen atoms in total. The van der Waals surface area contributed by atoms with E-state index in [0.29, 0.717) is 12.8 Å². The summed E-state index contributed by atoms with van der Waals surface area (Å²) >= 11 is 0. The third-order valence-electron chi connectivity index (χ3n) is 4.19. The van der Waals surface area contributed by atoms with E-state index in [1.807, 2.05) is 6.92 Å². The Morgan fingerprint density at radius 2 is 2.05 bits per heavy atom. The maximum atomic E-state index is 11.6. The van der Waals surface area contributed by atoms with E-state index in [4.69, 9.17) is 4.74 Å². The Morgan fingerprint density at radius 3 is 2.85 bits per heavy atom. The van der Waals surface area contributed by atoms with Gasteiger partial charge in [-0.25, -0.2) is 4.79 Å². The van der Waals surface area contributed by atoms with Crippen molar-refractivity contribution in [2.45, 2.75) is 57.3 Å². The van der Waals surface area contributed by atoms with Gasteiger partial charge in [-0.1, -0.05) is 12.2 Å². The molecule has 1 fully saturated rings. The molecule has 0 aromatic heterocycles. The molecule has 1 heterocycles. The number of hydrogen-bond donors (Lipinski definition) is 2. The number of carbonyl (C=O) groups excluding carboxylic acids is 1. The summed E-state index contributed by atoms with van der Waals surface area (Å²) in [5.41, 5.74) is 0. The van der Waals surface area contributed by atoms with E-state index in [0.717, 1.165) is 19.3 Å². The van der Waals surface area contributed by atoms with Crippen LogP contribution in [0.2, 0.25) is 0 Å². The normalized spacial score (nSPS) is 42.5. The van der Waals surface area contributed by atoms with Gasteiger partial charge >= 0.3 is 5.97 Å². The van der Waals surface area contributed by atoms with Crippen LogP contribution in [0.25, 0.3) is 0 Å². The Bertz CT molecular complexity index is 388. The highest BCUT2D eigenvalue weighted by Crippen LogP contribution is 2.36. The first kappa shape index (κ1) is 15.3. The van der Waals surface area contributed by atoms with Crippen LogP contribution < -0.4 is 0 Å². The van der Waals surface area contributed by atoms with Crippen molar-refractivity contribution in [1.29, 1.82) is 0 Å². The minimum absolute atomic E-state index is 0.0246. The molecule has 1 aliphatic heterocycles. The van der Waals surface area contributed by atoms with Gasteiger partial charge in [0.25, 0.3) is 0 Å². The summed E-state index contributed by atoms with van der Waals surface area (Å²) < 4.78 is 5.23. The molecule has 112 valence electrons. The lowest BCUT2D eigenvalue weighted by molar-refractivity contribution is -0.142. The highest BCUT2D eigenvalue weighted by atomic mass is 16.5. The number of rotatable bonds is 0. The zero-order valence-electron chi connectivity index (χ0n) is 11.9. The van der Waals surface area contributed by atoms with E-state index < -0.39 is 12.1 Å². The second kappa shape index (κ2) is 7.04. The number of hydrogen-bond acceptors (Lipinski definition) is 4. The molecule has 0 unspecified atom stereocenters. The van der Waals surface area contributed by atoms with Gasteiger partial charge in [0.1, 0.15) is 0 Å². The van der Waals surface area contributed by atoms with Crippen molar-refractivity contribution in [3.63, 3.8) is 0 Å². The first-order chi connectivity index (χ1) is 9.56. The van der Waals surface area contributed by atoms with Gasteiger partial charge < -0.3 is 14.9 Å². The molecule has 0 radical (unpaired) electrons. The molecule has 2 rings (SSSR count). The third kappa shape index (κ3) is 4.18. The molecule has 0 bridgehead atoms. The van der Waals surface area contributed by atoms with Crippen molar-refractivity contribution >= 4 is 5.97 Å². The van der Waals surface area contributed by atoms with Crippen molar-refractivity contribution in [2.75, 3.05) is 0 Å². The van der Waals surface area contributed by atoms with Gasteiger partial charge in [-0.15, -0.1) is 0 Å². The van der Waals surface area contributed by atoms with Crippen LogP contribution in [0.3, 0.4) is 0 Å². The molecule has 1 aliphatic carbocycles. The summed E-state index contributed by atoms with van der Waals surface area (Å²) in [4.78, 5) is 11.6. The highest BCUT2D eigenvalue weighted by Gasteiger charge is 2.35. The number of allylic oxidation sites excluding steroid dienone is 2. The van der Waals surface area contributed by atoms with Crippen LogP contribution in [-0.2, 0) is 9.53 Å². The Kier molecular flexibility index (Phi) is 5.38.